The molecule has 8 heteroatoms. The third kappa shape index (κ3) is 3.51. The van der Waals surface area contributed by atoms with Crippen LogP contribution in [0.25, 0.3) is 0 Å². The summed E-state index contributed by atoms with van der Waals surface area (Å²) < 4.78 is 5.28. The molecule has 1 aromatic rings. The number of likely N-dealkylation sites (tertiary alicyclic amines) is 1. The molecule has 1 saturated heterocycles. The highest BCUT2D eigenvalue weighted by Gasteiger charge is 2.36. The monoisotopic (exact) mass is 308 g/mol. The van der Waals surface area contributed by atoms with E-state index in [2.05, 4.69) is 0 Å². The van der Waals surface area contributed by atoms with Crippen LogP contribution in [0.4, 0.5) is 5.69 Å². The van der Waals surface area contributed by atoms with Crippen LogP contribution < -0.4 is 4.74 Å². The second-order valence-electron chi connectivity index (χ2n) is 5.26. The van der Waals surface area contributed by atoms with Gasteiger partial charge >= 0.3 is 5.97 Å². The number of carbonyl (C=O) groups is 2. The van der Waals surface area contributed by atoms with Crippen LogP contribution in [0, 0.1) is 22.0 Å². The molecule has 0 unspecified atom stereocenters. The van der Waals surface area contributed by atoms with Crippen LogP contribution >= 0.6 is 0 Å². The standard InChI is InChI=1S/C14H16N2O6/c1-9-6-15(7-12(9)14(18)19)13(17)8-22-11-4-2-10(3-5-11)16(20)21/h2-5,9,12H,6-8H2,1H3,(H,18,19)/t9-,12-/m1/s1. The van der Waals surface area contributed by atoms with Crippen LogP contribution in [0.15, 0.2) is 24.3 Å². The van der Waals surface area contributed by atoms with E-state index in [-0.39, 0.29) is 30.7 Å². The van der Waals surface area contributed by atoms with Crippen molar-refractivity contribution in [1.82, 2.24) is 4.90 Å². The van der Waals surface area contributed by atoms with Gasteiger partial charge in [0.05, 0.1) is 10.8 Å². The average molecular weight is 308 g/mol. The van der Waals surface area contributed by atoms with Crippen LogP contribution in [0.5, 0.6) is 5.75 Å². The van der Waals surface area contributed by atoms with Gasteiger partial charge in [-0.2, -0.15) is 0 Å². The number of nitrogens with zero attached hydrogens (tertiary/aromatic N) is 2. The van der Waals surface area contributed by atoms with Gasteiger partial charge in [-0.3, -0.25) is 19.7 Å². The van der Waals surface area contributed by atoms with Crippen molar-refractivity contribution in [3.63, 3.8) is 0 Å². The number of ether oxygens (including phenoxy) is 1. The predicted octanol–water partition coefficient (Wildman–Crippen LogP) is 1.15. The molecule has 0 spiro atoms. The zero-order chi connectivity index (χ0) is 16.3. The largest absolute Gasteiger partial charge is 0.484 e. The molecular formula is C14H16N2O6. The quantitative estimate of drug-likeness (QED) is 0.645. The minimum absolute atomic E-state index is 0.0589. The van der Waals surface area contributed by atoms with Crippen LogP contribution in [-0.4, -0.2) is 46.5 Å². The molecular weight excluding hydrogens is 292 g/mol. The number of aliphatic carboxylic acids is 1. The van der Waals surface area contributed by atoms with Crippen molar-refractivity contribution in [3.8, 4) is 5.75 Å². The van der Waals surface area contributed by atoms with E-state index in [1.807, 2.05) is 0 Å². The van der Waals surface area contributed by atoms with E-state index in [0.717, 1.165) is 0 Å². The summed E-state index contributed by atoms with van der Waals surface area (Å²) in [5.74, 6) is -1.50. The van der Waals surface area contributed by atoms with Gasteiger partial charge in [-0.1, -0.05) is 6.92 Å². The maximum Gasteiger partial charge on any atom is 0.308 e. The third-order valence-corrected chi connectivity index (χ3v) is 3.69. The molecule has 0 saturated carbocycles. The smallest absolute Gasteiger partial charge is 0.308 e. The molecule has 2 atom stereocenters. The highest BCUT2D eigenvalue weighted by Crippen LogP contribution is 2.23. The van der Waals surface area contributed by atoms with E-state index < -0.39 is 16.8 Å². The van der Waals surface area contributed by atoms with Crippen molar-refractivity contribution in [3.05, 3.63) is 34.4 Å². The number of rotatable bonds is 5. The third-order valence-electron chi connectivity index (χ3n) is 3.69. The molecule has 22 heavy (non-hydrogen) atoms. The van der Waals surface area contributed by atoms with Crippen molar-refractivity contribution in [2.24, 2.45) is 11.8 Å². The van der Waals surface area contributed by atoms with Crippen LogP contribution in [0.3, 0.4) is 0 Å². The first kappa shape index (κ1) is 15.7. The molecule has 0 aromatic heterocycles. The Balaban J connectivity index is 1.88. The highest BCUT2D eigenvalue weighted by molar-refractivity contribution is 5.80. The molecule has 118 valence electrons. The molecule has 8 nitrogen and oxygen atoms in total. The molecule has 0 bridgehead atoms. The number of carboxylic acid groups (broad SMARTS) is 1. The Morgan fingerprint density at radius 3 is 2.50 bits per heavy atom. The van der Waals surface area contributed by atoms with Crippen molar-refractivity contribution >= 4 is 17.6 Å². The number of hydrogen-bond acceptors (Lipinski definition) is 5. The fourth-order valence-electron chi connectivity index (χ4n) is 2.39. The number of carboxylic acids is 1. The summed E-state index contributed by atoms with van der Waals surface area (Å²) in [5, 5.41) is 19.6. The zero-order valence-electron chi connectivity index (χ0n) is 12.0. The molecule has 1 aromatic carbocycles. The summed E-state index contributed by atoms with van der Waals surface area (Å²) in [6.07, 6.45) is 0. The molecule has 1 aliphatic rings. The van der Waals surface area contributed by atoms with Gasteiger partial charge in [-0.05, 0) is 18.1 Å². The molecule has 1 aliphatic heterocycles. The summed E-state index contributed by atoms with van der Waals surface area (Å²) in [5.41, 5.74) is -0.0589. The minimum atomic E-state index is -0.904. The first-order valence-electron chi connectivity index (χ1n) is 6.76. The number of nitro groups is 1. The SMILES string of the molecule is C[C@@H]1CN(C(=O)COc2ccc([N+](=O)[O-])cc2)C[C@H]1C(=O)O. The van der Waals surface area contributed by atoms with Crippen molar-refractivity contribution in [2.75, 3.05) is 19.7 Å². The Kier molecular flexibility index (Phi) is 4.59. The Hall–Kier alpha value is -2.64. The van der Waals surface area contributed by atoms with Gasteiger partial charge in [0.25, 0.3) is 11.6 Å². The second-order valence-corrected chi connectivity index (χ2v) is 5.26. The van der Waals surface area contributed by atoms with Gasteiger partial charge in [0.2, 0.25) is 0 Å². The first-order chi connectivity index (χ1) is 10.4. The molecule has 0 aliphatic carbocycles. The van der Waals surface area contributed by atoms with Gasteiger partial charge in [0, 0.05) is 25.2 Å². The van der Waals surface area contributed by atoms with E-state index in [1.54, 1.807) is 6.92 Å². The van der Waals surface area contributed by atoms with Gasteiger partial charge in [0.1, 0.15) is 5.75 Å². The maximum atomic E-state index is 12.0. The number of benzene rings is 1. The number of non-ortho nitro benzene ring substituents is 1. The van der Waals surface area contributed by atoms with Crippen molar-refractivity contribution in [2.45, 2.75) is 6.92 Å². The molecule has 1 N–H and O–H groups in total. The molecule has 1 fully saturated rings. The van der Waals surface area contributed by atoms with E-state index in [9.17, 15) is 19.7 Å². The fraction of sp³-hybridized carbons (Fsp3) is 0.429. The number of hydrogen-bond donors (Lipinski definition) is 1. The van der Waals surface area contributed by atoms with Gasteiger partial charge < -0.3 is 14.7 Å². The van der Waals surface area contributed by atoms with Gasteiger partial charge in [0.15, 0.2) is 6.61 Å². The average Bonchev–Trinajstić information content (AvgIpc) is 2.87. The Morgan fingerprint density at radius 1 is 1.36 bits per heavy atom. The number of amides is 1. The lowest BCUT2D eigenvalue weighted by atomic mass is 9.99. The fourth-order valence-corrected chi connectivity index (χ4v) is 2.39. The van der Waals surface area contributed by atoms with Crippen LogP contribution in [0.1, 0.15) is 6.92 Å². The normalized spacial score (nSPS) is 20.7. The van der Waals surface area contributed by atoms with Crippen LogP contribution in [-0.2, 0) is 9.59 Å². The topological polar surface area (TPSA) is 110 Å². The van der Waals surface area contributed by atoms with E-state index in [0.29, 0.717) is 12.3 Å². The molecule has 2 rings (SSSR count). The molecule has 0 radical (unpaired) electrons. The van der Waals surface area contributed by atoms with Gasteiger partial charge in [-0.25, -0.2) is 0 Å². The lowest BCUT2D eigenvalue weighted by Crippen LogP contribution is -2.33. The van der Waals surface area contributed by atoms with Crippen molar-refractivity contribution < 1.29 is 24.4 Å². The Morgan fingerprint density at radius 2 is 2.00 bits per heavy atom. The second kappa shape index (κ2) is 6.42. The predicted molar refractivity (Wildman–Crippen MR) is 75.5 cm³/mol. The molecule has 1 amide bonds. The number of nitro benzene ring substituents is 1. The zero-order valence-corrected chi connectivity index (χ0v) is 12.0. The van der Waals surface area contributed by atoms with E-state index in [1.165, 1.54) is 29.2 Å². The number of carbonyl (C=O) groups excluding carboxylic acids is 1. The summed E-state index contributed by atoms with van der Waals surface area (Å²) in [7, 11) is 0. The van der Waals surface area contributed by atoms with E-state index in [4.69, 9.17) is 9.84 Å². The summed E-state index contributed by atoms with van der Waals surface area (Å²) in [6, 6.07) is 5.41. The van der Waals surface area contributed by atoms with E-state index >= 15 is 0 Å². The first-order valence-corrected chi connectivity index (χ1v) is 6.76. The summed E-state index contributed by atoms with van der Waals surface area (Å²) >= 11 is 0. The Bertz CT molecular complexity index is 586. The lowest BCUT2D eigenvalue weighted by molar-refractivity contribution is -0.384. The molecule has 1 heterocycles. The van der Waals surface area contributed by atoms with Crippen LogP contribution in [0.2, 0.25) is 0 Å². The van der Waals surface area contributed by atoms with Gasteiger partial charge in [-0.15, -0.1) is 0 Å². The summed E-state index contributed by atoms with van der Waals surface area (Å²) in [4.78, 5) is 34.5. The minimum Gasteiger partial charge on any atom is -0.484 e. The van der Waals surface area contributed by atoms with Crippen molar-refractivity contribution in [1.29, 1.82) is 0 Å². The Labute approximate surface area is 126 Å². The maximum absolute atomic E-state index is 12.0. The summed E-state index contributed by atoms with van der Waals surface area (Å²) in [6.45, 7) is 2.14. The lowest BCUT2D eigenvalue weighted by Gasteiger charge is -2.16. The highest BCUT2D eigenvalue weighted by atomic mass is 16.6.